The van der Waals surface area contributed by atoms with Gasteiger partial charge in [0.25, 0.3) is 0 Å². The molecule has 2 heteroatoms. The van der Waals surface area contributed by atoms with Gasteiger partial charge in [-0.2, -0.15) is 0 Å². The molecule has 94 valence electrons. The summed E-state index contributed by atoms with van der Waals surface area (Å²) in [5, 5.41) is 9.13. The van der Waals surface area contributed by atoms with Crippen LogP contribution in [-0.4, -0.2) is 11.1 Å². The second-order valence-corrected chi connectivity index (χ2v) is 5.82. The highest BCUT2D eigenvalue weighted by atomic mass is 16.4. The van der Waals surface area contributed by atoms with Crippen molar-refractivity contribution in [3.8, 4) is 0 Å². The average molecular weight is 234 g/mol. The normalized spacial score (nSPS) is 33.2. The second kappa shape index (κ2) is 4.67. The Labute approximate surface area is 103 Å². The molecule has 17 heavy (non-hydrogen) atoms. The maximum atomic E-state index is 11.1. The van der Waals surface area contributed by atoms with E-state index < -0.39 is 5.97 Å². The van der Waals surface area contributed by atoms with Gasteiger partial charge in [-0.3, -0.25) is 0 Å². The van der Waals surface area contributed by atoms with Gasteiger partial charge in [0.15, 0.2) is 0 Å². The Balaban J connectivity index is 2.28. The van der Waals surface area contributed by atoms with E-state index in [1.165, 1.54) is 12.0 Å². The standard InChI is InChI=1S/C15H22O2/c1-9(2)12-6-4-10(3)13-7-5-11(15(16)17)8-14(12)13/h8-9,12-14H,3-7H2,1-2H3,(H,16,17)/t12-,13-,14+/m1/s1. The van der Waals surface area contributed by atoms with Crippen LogP contribution in [0.4, 0.5) is 0 Å². The predicted molar refractivity (Wildman–Crippen MR) is 68.6 cm³/mol. The van der Waals surface area contributed by atoms with E-state index in [-0.39, 0.29) is 0 Å². The number of carboxylic acids is 1. The lowest BCUT2D eigenvalue weighted by Crippen LogP contribution is -2.34. The van der Waals surface area contributed by atoms with Crippen LogP contribution in [-0.2, 0) is 4.79 Å². The molecular formula is C15H22O2. The number of carbonyl (C=O) groups is 1. The summed E-state index contributed by atoms with van der Waals surface area (Å²) in [5.74, 6) is 1.46. The molecule has 0 aromatic carbocycles. The minimum Gasteiger partial charge on any atom is -0.478 e. The molecule has 0 unspecified atom stereocenters. The molecule has 2 aliphatic rings. The summed E-state index contributed by atoms with van der Waals surface area (Å²) in [6.45, 7) is 8.68. The summed E-state index contributed by atoms with van der Waals surface area (Å²) >= 11 is 0. The van der Waals surface area contributed by atoms with Crippen molar-refractivity contribution >= 4 is 5.97 Å². The molecule has 2 rings (SSSR count). The molecule has 2 nitrogen and oxygen atoms in total. The fraction of sp³-hybridized carbons (Fsp3) is 0.667. The summed E-state index contributed by atoms with van der Waals surface area (Å²) in [6.07, 6.45) is 6.01. The molecule has 0 saturated heterocycles. The second-order valence-electron chi connectivity index (χ2n) is 5.82. The number of aliphatic carboxylic acids is 1. The first-order valence-electron chi connectivity index (χ1n) is 6.62. The van der Waals surface area contributed by atoms with Crippen LogP contribution < -0.4 is 0 Å². The number of rotatable bonds is 2. The van der Waals surface area contributed by atoms with Gasteiger partial charge in [-0.15, -0.1) is 0 Å². The zero-order chi connectivity index (χ0) is 12.6. The van der Waals surface area contributed by atoms with Gasteiger partial charge in [-0.25, -0.2) is 4.79 Å². The number of hydrogen-bond acceptors (Lipinski definition) is 1. The number of allylic oxidation sites excluding steroid dienone is 2. The Morgan fingerprint density at radius 2 is 2.12 bits per heavy atom. The van der Waals surface area contributed by atoms with E-state index in [1.54, 1.807) is 0 Å². The number of fused-ring (bicyclic) bond motifs is 1. The third-order valence-corrected chi connectivity index (χ3v) is 4.53. The molecule has 1 fully saturated rings. The Morgan fingerprint density at radius 3 is 2.71 bits per heavy atom. The predicted octanol–water partition coefficient (Wildman–Crippen LogP) is 3.65. The maximum Gasteiger partial charge on any atom is 0.331 e. The van der Waals surface area contributed by atoms with Crippen LogP contribution in [0.25, 0.3) is 0 Å². The van der Waals surface area contributed by atoms with E-state index >= 15 is 0 Å². The lowest BCUT2D eigenvalue weighted by atomic mass is 9.62. The molecule has 0 aromatic rings. The lowest BCUT2D eigenvalue weighted by molar-refractivity contribution is -0.133. The van der Waals surface area contributed by atoms with Gasteiger partial charge < -0.3 is 5.11 Å². The zero-order valence-corrected chi connectivity index (χ0v) is 10.8. The molecule has 1 saturated carbocycles. The fourth-order valence-electron chi connectivity index (χ4n) is 3.52. The van der Waals surface area contributed by atoms with E-state index in [9.17, 15) is 4.79 Å². The largest absolute Gasteiger partial charge is 0.478 e. The molecular weight excluding hydrogens is 212 g/mol. The first kappa shape index (κ1) is 12.4. The molecule has 2 aliphatic carbocycles. The topological polar surface area (TPSA) is 37.3 Å². The smallest absolute Gasteiger partial charge is 0.331 e. The quantitative estimate of drug-likeness (QED) is 0.740. The van der Waals surface area contributed by atoms with E-state index in [2.05, 4.69) is 20.4 Å². The van der Waals surface area contributed by atoms with E-state index in [1.807, 2.05) is 6.08 Å². The molecule has 0 aliphatic heterocycles. The van der Waals surface area contributed by atoms with Crippen molar-refractivity contribution in [2.75, 3.05) is 0 Å². The van der Waals surface area contributed by atoms with Crippen molar-refractivity contribution < 1.29 is 9.90 Å². The van der Waals surface area contributed by atoms with Gasteiger partial charge >= 0.3 is 5.97 Å². The van der Waals surface area contributed by atoms with Crippen LogP contribution in [0.1, 0.15) is 39.5 Å². The van der Waals surface area contributed by atoms with Crippen LogP contribution in [0.15, 0.2) is 23.8 Å². The maximum absolute atomic E-state index is 11.1. The first-order valence-corrected chi connectivity index (χ1v) is 6.62. The highest BCUT2D eigenvalue weighted by molar-refractivity contribution is 5.86. The van der Waals surface area contributed by atoms with Crippen LogP contribution in [0, 0.1) is 23.7 Å². The molecule has 0 radical (unpaired) electrons. The third kappa shape index (κ3) is 2.31. The minimum atomic E-state index is -0.734. The van der Waals surface area contributed by atoms with Crippen LogP contribution in [0.3, 0.4) is 0 Å². The fourth-order valence-corrected chi connectivity index (χ4v) is 3.52. The molecule has 0 amide bonds. The Kier molecular flexibility index (Phi) is 3.41. The summed E-state index contributed by atoms with van der Waals surface area (Å²) < 4.78 is 0. The van der Waals surface area contributed by atoms with Gasteiger partial charge in [0.1, 0.15) is 0 Å². The zero-order valence-electron chi connectivity index (χ0n) is 10.8. The van der Waals surface area contributed by atoms with Crippen LogP contribution in [0.5, 0.6) is 0 Å². The van der Waals surface area contributed by atoms with Crippen molar-refractivity contribution in [3.63, 3.8) is 0 Å². The number of carboxylic acid groups (broad SMARTS) is 1. The monoisotopic (exact) mass is 234 g/mol. The molecule has 0 aromatic heterocycles. The Hall–Kier alpha value is -1.05. The van der Waals surface area contributed by atoms with Crippen LogP contribution in [0.2, 0.25) is 0 Å². The molecule has 0 spiro atoms. The van der Waals surface area contributed by atoms with E-state index in [0.717, 1.165) is 12.8 Å². The summed E-state index contributed by atoms with van der Waals surface area (Å²) in [7, 11) is 0. The van der Waals surface area contributed by atoms with Crippen molar-refractivity contribution in [2.45, 2.75) is 39.5 Å². The van der Waals surface area contributed by atoms with E-state index in [4.69, 9.17) is 5.11 Å². The summed E-state index contributed by atoms with van der Waals surface area (Å²) in [5.41, 5.74) is 1.96. The molecule has 1 N–H and O–H groups in total. The summed E-state index contributed by atoms with van der Waals surface area (Å²) in [4.78, 5) is 11.1. The summed E-state index contributed by atoms with van der Waals surface area (Å²) in [6, 6.07) is 0. The minimum absolute atomic E-state index is 0.413. The van der Waals surface area contributed by atoms with Crippen molar-refractivity contribution in [3.05, 3.63) is 23.8 Å². The Bertz CT molecular complexity index is 365. The highest BCUT2D eigenvalue weighted by Gasteiger charge is 2.38. The molecule has 0 heterocycles. The Morgan fingerprint density at radius 1 is 1.41 bits per heavy atom. The SMILES string of the molecule is C=C1CC[C@H](C(C)C)[C@@H]2C=C(C(=O)O)CC[C@H]12. The van der Waals surface area contributed by atoms with Gasteiger partial charge in [0.2, 0.25) is 0 Å². The van der Waals surface area contributed by atoms with Gasteiger partial charge in [0, 0.05) is 5.57 Å². The highest BCUT2D eigenvalue weighted by Crippen LogP contribution is 2.47. The number of hydrogen-bond donors (Lipinski definition) is 1. The average Bonchev–Trinajstić information content (AvgIpc) is 2.28. The van der Waals surface area contributed by atoms with Gasteiger partial charge in [0.05, 0.1) is 0 Å². The van der Waals surface area contributed by atoms with Crippen molar-refractivity contribution in [2.24, 2.45) is 23.7 Å². The first-order chi connectivity index (χ1) is 8.00. The van der Waals surface area contributed by atoms with Crippen molar-refractivity contribution in [1.82, 2.24) is 0 Å². The van der Waals surface area contributed by atoms with E-state index in [0.29, 0.717) is 35.7 Å². The molecule has 3 atom stereocenters. The third-order valence-electron chi connectivity index (χ3n) is 4.53. The van der Waals surface area contributed by atoms with Crippen LogP contribution >= 0.6 is 0 Å². The van der Waals surface area contributed by atoms with Crippen molar-refractivity contribution in [1.29, 1.82) is 0 Å². The van der Waals surface area contributed by atoms with Gasteiger partial charge in [-0.1, -0.05) is 32.1 Å². The molecule has 0 bridgehead atoms. The lowest BCUT2D eigenvalue weighted by Gasteiger charge is -2.42. The van der Waals surface area contributed by atoms with Gasteiger partial charge in [-0.05, 0) is 49.4 Å².